The summed E-state index contributed by atoms with van der Waals surface area (Å²) >= 11 is 0. The summed E-state index contributed by atoms with van der Waals surface area (Å²) in [5, 5.41) is 3.49. The highest BCUT2D eigenvalue weighted by Gasteiger charge is 2.38. The van der Waals surface area contributed by atoms with Gasteiger partial charge in [0.15, 0.2) is 0 Å². The van der Waals surface area contributed by atoms with E-state index in [0.29, 0.717) is 5.41 Å². The predicted octanol–water partition coefficient (Wildman–Crippen LogP) is 3.47. The third kappa shape index (κ3) is 4.15. The van der Waals surface area contributed by atoms with Crippen LogP contribution in [-0.4, -0.2) is 37.2 Å². The maximum atomic E-state index is 5.96. The third-order valence-corrected chi connectivity index (χ3v) is 4.91. The van der Waals surface area contributed by atoms with E-state index in [9.17, 15) is 0 Å². The first-order valence-corrected chi connectivity index (χ1v) is 8.35. The minimum Gasteiger partial charge on any atom is -0.491 e. The van der Waals surface area contributed by atoms with Crippen molar-refractivity contribution in [3.05, 3.63) is 29.8 Å². The Hall–Kier alpha value is -0.770. The minimum atomic E-state index is 0. The molecule has 0 unspecified atom stereocenters. The Morgan fingerprint density at radius 3 is 2.64 bits per heavy atom. The van der Waals surface area contributed by atoms with E-state index in [1.165, 1.54) is 51.0 Å². The van der Waals surface area contributed by atoms with Crippen molar-refractivity contribution in [2.24, 2.45) is 5.41 Å². The van der Waals surface area contributed by atoms with E-state index >= 15 is 0 Å². The van der Waals surface area contributed by atoms with Crippen LogP contribution < -0.4 is 10.1 Å². The van der Waals surface area contributed by atoms with E-state index in [0.717, 1.165) is 12.3 Å². The van der Waals surface area contributed by atoms with Crippen LogP contribution in [0.25, 0.3) is 0 Å². The number of benzene rings is 1. The van der Waals surface area contributed by atoms with Crippen molar-refractivity contribution in [3.63, 3.8) is 0 Å². The van der Waals surface area contributed by atoms with Gasteiger partial charge in [0, 0.05) is 18.7 Å². The van der Waals surface area contributed by atoms with Crippen LogP contribution in [0.2, 0.25) is 0 Å². The van der Waals surface area contributed by atoms with Gasteiger partial charge in [-0.3, -0.25) is 4.90 Å². The average Bonchev–Trinajstić information content (AvgIpc) is 2.84. The molecule has 0 radical (unpaired) electrons. The lowest BCUT2D eigenvalue weighted by atomic mass is 9.78. The van der Waals surface area contributed by atoms with Crippen molar-refractivity contribution < 1.29 is 4.74 Å². The molecule has 22 heavy (non-hydrogen) atoms. The Kier molecular flexibility index (Phi) is 6.13. The highest BCUT2D eigenvalue weighted by molar-refractivity contribution is 5.85. The zero-order valence-electron chi connectivity index (χ0n) is 13.8. The zero-order valence-corrected chi connectivity index (χ0v) is 14.6. The smallest absolute Gasteiger partial charge is 0.124 e. The van der Waals surface area contributed by atoms with Crippen molar-refractivity contribution >= 4 is 12.4 Å². The molecule has 0 saturated carbocycles. The van der Waals surface area contributed by atoms with Crippen molar-refractivity contribution in [1.29, 1.82) is 0 Å². The molecule has 0 bridgehead atoms. The first kappa shape index (κ1) is 17.6. The fourth-order valence-electron chi connectivity index (χ4n) is 3.77. The molecule has 4 heteroatoms. The maximum Gasteiger partial charge on any atom is 0.124 e. The summed E-state index contributed by atoms with van der Waals surface area (Å²) in [5.74, 6) is 1.05. The molecule has 1 spiro atoms. The van der Waals surface area contributed by atoms with Crippen LogP contribution in [0.15, 0.2) is 24.3 Å². The molecule has 3 nitrogen and oxygen atoms in total. The summed E-state index contributed by atoms with van der Waals surface area (Å²) in [6.07, 6.45) is 4.28. The maximum absolute atomic E-state index is 5.96. The number of hydrogen-bond donors (Lipinski definition) is 1. The number of piperidine rings is 1. The molecule has 124 valence electrons. The Labute approximate surface area is 140 Å². The Morgan fingerprint density at radius 2 is 1.91 bits per heavy atom. The van der Waals surface area contributed by atoms with E-state index in [1.807, 2.05) is 0 Å². The van der Waals surface area contributed by atoms with Gasteiger partial charge in [-0.25, -0.2) is 0 Å². The summed E-state index contributed by atoms with van der Waals surface area (Å²) in [5.41, 5.74) is 1.91. The van der Waals surface area contributed by atoms with Crippen LogP contribution in [0.3, 0.4) is 0 Å². The minimum absolute atomic E-state index is 0. The molecule has 0 aromatic heterocycles. The summed E-state index contributed by atoms with van der Waals surface area (Å²) in [7, 11) is 0. The molecular formula is C18H29ClN2O. The van der Waals surface area contributed by atoms with Gasteiger partial charge in [-0.2, -0.15) is 0 Å². The molecule has 2 aliphatic heterocycles. The van der Waals surface area contributed by atoms with Gasteiger partial charge < -0.3 is 10.1 Å². The molecule has 1 N–H and O–H groups in total. The number of likely N-dealkylation sites (tertiary alicyclic amines) is 1. The standard InChI is InChI=1S/C18H28N2O.ClH/c1-15(2)21-17-6-4-3-5-16(17)13-20-12-9-18(14-20)7-10-19-11-8-18;/h3-6,15,19H,7-14H2,1-2H3;1H. The van der Waals surface area contributed by atoms with Gasteiger partial charge in [-0.15, -0.1) is 12.4 Å². The van der Waals surface area contributed by atoms with Gasteiger partial charge in [0.2, 0.25) is 0 Å². The van der Waals surface area contributed by atoms with Crippen molar-refractivity contribution in [3.8, 4) is 5.75 Å². The number of hydrogen-bond acceptors (Lipinski definition) is 3. The van der Waals surface area contributed by atoms with Crippen LogP contribution in [0.5, 0.6) is 5.75 Å². The van der Waals surface area contributed by atoms with Gasteiger partial charge in [0.1, 0.15) is 5.75 Å². The van der Waals surface area contributed by atoms with Crippen molar-refractivity contribution in [2.75, 3.05) is 26.2 Å². The second-order valence-corrected chi connectivity index (χ2v) is 6.98. The molecule has 0 aliphatic carbocycles. The largest absolute Gasteiger partial charge is 0.491 e. The number of para-hydroxylation sites is 1. The third-order valence-electron chi connectivity index (χ3n) is 4.91. The summed E-state index contributed by atoms with van der Waals surface area (Å²) in [6, 6.07) is 8.51. The molecule has 0 atom stereocenters. The van der Waals surface area contributed by atoms with E-state index < -0.39 is 0 Å². The Balaban J connectivity index is 0.00000176. The second kappa shape index (κ2) is 7.67. The number of nitrogens with zero attached hydrogens (tertiary/aromatic N) is 1. The van der Waals surface area contributed by atoms with Gasteiger partial charge in [-0.1, -0.05) is 18.2 Å². The van der Waals surface area contributed by atoms with Gasteiger partial charge in [0.05, 0.1) is 6.10 Å². The highest BCUT2D eigenvalue weighted by atomic mass is 35.5. The monoisotopic (exact) mass is 324 g/mol. The second-order valence-electron chi connectivity index (χ2n) is 6.98. The molecule has 1 aromatic carbocycles. The number of ether oxygens (including phenoxy) is 1. The first-order valence-electron chi connectivity index (χ1n) is 8.35. The first-order chi connectivity index (χ1) is 10.2. The SMILES string of the molecule is CC(C)Oc1ccccc1CN1CCC2(CCNCC2)C1.Cl. The van der Waals surface area contributed by atoms with Gasteiger partial charge in [0.25, 0.3) is 0 Å². The van der Waals surface area contributed by atoms with Crippen molar-refractivity contribution in [1.82, 2.24) is 10.2 Å². The lowest BCUT2D eigenvalue weighted by molar-refractivity contribution is 0.191. The van der Waals surface area contributed by atoms with Crippen LogP contribution in [-0.2, 0) is 6.54 Å². The van der Waals surface area contributed by atoms with E-state index in [4.69, 9.17) is 4.74 Å². The normalized spacial score (nSPS) is 21.0. The van der Waals surface area contributed by atoms with Crippen LogP contribution in [0.4, 0.5) is 0 Å². The predicted molar refractivity (Wildman–Crippen MR) is 93.9 cm³/mol. The molecule has 2 aliphatic rings. The van der Waals surface area contributed by atoms with E-state index in [-0.39, 0.29) is 18.5 Å². The van der Waals surface area contributed by atoms with E-state index in [1.54, 1.807) is 0 Å². The highest BCUT2D eigenvalue weighted by Crippen LogP contribution is 2.39. The molecule has 1 aromatic rings. The average molecular weight is 325 g/mol. The molecule has 2 heterocycles. The number of rotatable bonds is 4. The van der Waals surface area contributed by atoms with Crippen LogP contribution in [0.1, 0.15) is 38.7 Å². The fraction of sp³-hybridized carbons (Fsp3) is 0.667. The number of nitrogens with one attached hydrogen (secondary N) is 1. The molecule has 2 saturated heterocycles. The molecule has 2 fully saturated rings. The Bertz CT molecular complexity index is 472. The number of halogens is 1. The lowest BCUT2D eigenvalue weighted by Crippen LogP contribution is -2.38. The molecular weight excluding hydrogens is 296 g/mol. The fourth-order valence-corrected chi connectivity index (χ4v) is 3.77. The van der Waals surface area contributed by atoms with Gasteiger partial charge in [-0.05, 0) is 64.2 Å². The molecule has 3 rings (SSSR count). The van der Waals surface area contributed by atoms with Crippen molar-refractivity contribution in [2.45, 2.75) is 45.8 Å². The topological polar surface area (TPSA) is 24.5 Å². The van der Waals surface area contributed by atoms with Crippen LogP contribution in [0, 0.1) is 5.41 Å². The summed E-state index contributed by atoms with van der Waals surface area (Å²) < 4.78 is 5.96. The summed E-state index contributed by atoms with van der Waals surface area (Å²) in [4.78, 5) is 2.62. The summed E-state index contributed by atoms with van der Waals surface area (Å²) in [6.45, 7) is 10.1. The van der Waals surface area contributed by atoms with Crippen LogP contribution >= 0.6 is 12.4 Å². The molecule has 0 amide bonds. The Morgan fingerprint density at radius 1 is 1.18 bits per heavy atom. The zero-order chi connectivity index (χ0) is 14.7. The lowest BCUT2D eigenvalue weighted by Gasteiger charge is -2.34. The quantitative estimate of drug-likeness (QED) is 0.917. The van der Waals surface area contributed by atoms with Gasteiger partial charge >= 0.3 is 0 Å². The van der Waals surface area contributed by atoms with E-state index in [2.05, 4.69) is 48.3 Å².